The minimum absolute atomic E-state index is 0.585. The number of carboxylic acids is 1. The normalized spacial score (nSPS) is 12.2. The van der Waals surface area contributed by atoms with Crippen molar-refractivity contribution in [2.24, 2.45) is 0 Å². The number of halogens is 1. The molecule has 0 saturated carbocycles. The molecular formula is C11H13ClO3. The first-order valence-electron chi connectivity index (χ1n) is 4.63. The van der Waals surface area contributed by atoms with Crippen molar-refractivity contribution < 1.29 is 14.6 Å². The van der Waals surface area contributed by atoms with E-state index in [1.54, 1.807) is 25.3 Å². The molecule has 0 aromatic heterocycles. The molecule has 0 fully saturated rings. The van der Waals surface area contributed by atoms with Gasteiger partial charge in [-0.2, -0.15) is 0 Å². The van der Waals surface area contributed by atoms with Gasteiger partial charge in [0.2, 0.25) is 0 Å². The van der Waals surface area contributed by atoms with Gasteiger partial charge in [0.05, 0.1) is 7.11 Å². The number of methoxy groups -OCH3 is 1. The molecule has 0 radical (unpaired) electrons. The van der Waals surface area contributed by atoms with Crippen molar-refractivity contribution in [3.8, 4) is 5.75 Å². The van der Waals surface area contributed by atoms with E-state index in [4.69, 9.17) is 21.4 Å². The van der Waals surface area contributed by atoms with Gasteiger partial charge in [0.1, 0.15) is 5.75 Å². The predicted octanol–water partition coefficient (Wildman–Crippen LogP) is 2.62. The Labute approximate surface area is 93.6 Å². The number of rotatable bonds is 4. The number of carboxylic acid groups (broad SMARTS) is 1. The van der Waals surface area contributed by atoms with E-state index in [9.17, 15) is 4.79 Å². The zero-order valence-electron chi connectivity index (χ0n) is 8.66. The molecule has 1 aromatic rings. The Morgan fingerprint density at radius 2 is 2.27 bits per heavy atom. The molecular weight excluding hydrogens is 216 g/mol. The first-order valence-corrected chi connectivity index (χ1v) is 5.07. The van der Waals surface area contributed by atoms with Gasteiger partial charge in [-0.1, -0.05) is 19.1 Å². The number of aryl methyl sites for hydroxylation is 1. The summed E-state index contributed by atoms with van der Waals surface area (Å²) in [6.45, 7) is 1.98. The Morgan fingerprint density at radius 1 is 1.60 bits per heavy atom. The molecule has 82 valence electrons. The quantitative estimate of drug-likeness (QED) is 0.806. The Bertz CT molecular complexity index is 363. The van der Waals surface area contributed by atoms with Crippen LogP contribution in [0.5, 0.6) is 5.75 Å². The van der Waals surface area contributed by atoms with Crippen LogP contribution in [0.15, 0.2) is 18.2 Å². The molecule has 3 nitrogen and oxygen atoms in total. The highest BCUT2D eigenvalue weighted by Gasteiger charge is 2.17. The van der Waals surface area contributed by atoms with E-state index >= 15 is 0 Å². The Balaban J connectivity index is 3.07. The van der Waals surface area contributed by atoms with Crippen molar-refractivity contribution in [3.05, 3.63) is 29.3 Å². The smallest absolute Gasteiger partial charge is 0.326 e. The third-order valence-corrected chi connectivity index (χ3v) is 2.63. The molecule has 0 amide bonds. The Kier molecular flexibility index (Phi) is 3.97. The summed E-state index contributed by atoms with van der Waals surface area (Å²) in [6, 6.07) is 5.18. The second kappa shape index (κ2) is 5.03. The lowest BCUT2D eigenvalue weighted by molar-refractivity contribution is -0.136. The molecule has 1 aromatic carbocycles. The van der Waals surface area contributed by atoms with Crippen LogP contribution >= 0.6 is 11.6 Å². The van der Waals surface area contributed by atoms with Crippen LogP contribution in [0.4, 0.5) is 0 Å². The summed E-state index contributed by atoms with van der Waals surface area (Å²) < 4.78 is 5.14. The summed E-state index contributed by atoms with van der Waals surface area (Å²) >= 11 is 5.73. The minimum Gasteiger partial charge on any atom is -0.496 e. The molecule has 0 aliphatic carbocycles. The summed E-state index contributed by atoms with van der Waals surface area (Å²) in [7, 11) is 1.59. The second-order valence-electron chi connectivity index (χ2n) is 3.13. The lowest BCUT2D eigenvalue weighted by atomic mass is 10.1. The van der Waals surface area contributed by atoms with Gasteiger partial charge in [-0.3, -0.25) is 4.79 Å². The molecule has 0 saturated heterocycles. The average Bonchev–Trinajstić information content (AvgIpc) is 2.26. The molecule has 0 heterocycles. The Morgan fingerprint density at radius 3 is 2.73 bits per heavy atom. The molecule has 0 aliphatic heterocycles. The highest BCUT2D eigenvalue weighted by Crippen LogP contribution is 2.27. The van der Waals surface area contributed by atoms with Gasteiger partial charge >= 0.3 is 5.97 Å². The van der Waals surface area contributed by atoms with E-state index < -0.39 is 11.3 Å². The fraction of sp³-hybridized carbons (Fsp3) is 0.364. The zero-order chi connectivity index (χ0) is 11.4. The van der Waals surface area contributed by atoms with Gasteiger partial charge in [0, 0.05) is 0 Å². The van der Waals surface area contributed by atoms with Crippen LogP contribution < -0.4 is 4.74 Å². The van der Waals surface area contributed by atoms with Crippen molar-refractivity contribution >= 4 is 17.6 Å². The molecule has 0 aliphatic rings. The summed E-state index contributed by atoms with van der Waals surface area (Å²) in [5.74, 6) is -0.278. The molecule has 0 bridgehead atoms. The summed E-state index contributed by atoms with van der Waals surface area (Å²) in [4.78, 5) is 10.7. The highest BCUT2D eigenvalue weighted by molar-refractivity contribution is 6.29. The first-order chi connectivity index (χ1) is 7.10. The zero-order valence-corrected chi connectivity index (χ0v) is 9.41. The number of benzene rings is 1. The van der Waals surface area contributed by atoms with E-state index in [0.717, 1.165) is 17.7 Å². The summed E-state index contributed by atoms with van der Waals surface area (Å²) in [5.41, 5.74) is 1.55. The van der Waals surface area contributed by atoms with Gasteiger partial charge in [-0.25, -0.2) is 0 Å². The topological polar surface area (TPSA) is 46.5 Å². The fourth-order valence-electron chi connectivity index (χ4n) is 1.38. The van der Waals surface area contributed by atoms with Crippen molar-refractivity contribution in [3.63, 3.8) is 0 Å². The number of carbonyl (C=O) groups is 1. The van der Waals surface area contributed by atoms with Gasteiger partial charge in [-0.15, -0.1) is 11.6 Å². The van der Waals surface area contributed by atoms with Gasteiger partial charge in [-0.05, 0) is 23.6 Å². The second-order valence-corrected chi connectivity index (χ2v) is 3.56. The maximum absolute atomic E-state index is 10.7. The van der Waals surface area contributed by atoms with Crippen LogP contribution in [-0.4, -0.2) is 18.2 Å². The molecule has 0 spiro atoms. The monoisotopic (exact) mass is 228 g/mol. The van der Waals surface area contributed by atoms with Gasteiger partial charge < -0.3 is 9.84 Å². The maximum Gasteiger partial charge on any atom is 0.326 e. The van der Waals surface area contributed by atoms with E-state index in [-0.39, 0.29) is 0 Å². The van der Waals surface area contributed by atoms with Crippen molar-refractivity contribution in [2.45, 2.75) is 18.7 Å². The number of hydrogen-bond donors (Lipinski definition) is 1. The van der Waals surface area contributed by atoms with Crippen LogP contribution in [-0.2, 0) is 11.2 Å². The lowest BCUT2D eigenvalue weighted by Gasteiger charge is -2.10. The van der Waals surface area contributed by atoms with E-state index in [0.29, 0.717) is 5.56 Å². The maximum atomic E-state index is 10.7. The largest absolute Gasteiger partial charge is 0.496 e. The molecule has 4 heteroatoms. The molecule has 1 N–H and O–H groups in total. The van der Waals surface area contributed by atoms with Gasteiger partial charge in [0.25, 0.3) is 0 Å². The van der Waals surface area contributed by atoms with E-state index in [2.05, 4.69) is 0 Å². The molecule has 1 atom stereocenters. The third-order valence-electron chi connectivity index (χ3n) is 2.19. The van der Waals surface area contributed by atoms with Crippen LogP contribution in [0.3, 0.4) is 0 Å². The van der Waals surface area contributed by atoms with Gasteiger partial charge in [0.15, 0.2) is 5.38 Å². The summed E-state index contributed by atoms with van der Waals surface area (Å²) in [6.07, 6.45) is 0.778. The predicted molar refractivity (Wildman–Crippen MR) is 58.6 cm³/mol. The van der Waals surface area contributed by atoms with Crippen LogP contribution in [0, 0.1) is 0 Å². The lowest BCUT2D eigenvalue weighted by Crippen LogP contribution is -2.05. The number of ether oxygens (including phenoxy) is 1. The van der Waals surface area contributed by atoms with E-state index in [1.165, 1.54) is 0 Å². The first kappa shape index (κ1) is 11.9. The SMILES string of the molecule is CCc1cc(C(Cl)C(=O)O)ccc1OC. The Hall–Kier alpha value is -1.22. The van der Waals surface area contributed by atoms with Crippen LogP contribution in [0.1, 0.15) is 23.4 Å². The van der Waals surface area contributed by atoms with Crippen molar-refractivity contribution in [1.29, 1.82) is 0 Å². The standard InChI is InChI=1S/C11H13ClO3/c1-3-7-6-8(10(12)11(13)14)4-5-9(7)15-2/h4-6,10H,3H2,1-2H3,(H,13,14). The van der Waals surface area contributed by atoms with Crippen molar-refractivity contribution in [1.82, 2.24) is 0 Å². The molecule has 1 rings (SSSR count). The fourth-order valence-corrected chi connectivity index (χ4v) is 1.51. The molecule has 15 heavy (non-hydrogen) atoms. The van der Waals surface area contributed by atoms with Crippen molar-refractivity contribution in [2.75, 3.05) is 7.11 Å². The van der Waals surface area contributed by atoms with E-state index in [1.807, 2.05) is 6.92 Å². The minimum atomic E-state index is -1.04. The highest BCUT2D eigenvalue weighted by atomic mass is 35.5. The molecule has 1 unspecified atom stereocenters. The average molecular weight is 229 g/mol. The third kappa shape index (κ3) is 2.63. The summed E-state index contributed by atoms with van der Waals surface area (Å²) in [5, 5.41) is 7.76. The number of aliphatic carboxylic acids is 1. The number of alkyl halides is 1. The number of hydrogen-bond acceptors (Lipinski definition) is 2. The van der Waals surface area contributed by atoms with Crippen LogP contribution in [0.2, 0.25) is 0 Å². The van der Waals surface area contributed by atoms with Crippen LogP contribution in [0.25, 0.3) is 0 Å².